The molecule has 6 nitrogen and oxygen atoms in total. The van der Waals surface area contributed by atoms with Crippen LogP contribution in [0.1, 0.15) is 19.3 Å². The highest BCUT2D eigenvalue weighted by Gasteiger charge is 2.19. The van der Waals surface area contributed by atoms with Crippen molar-refractivity contribution in [2.45, 2.75) is 29.6 Å². The molecule has 1 saturated heterocycles. The van der Waals surface area contributed by atoms with Crippen molar-refractivity contribution in [3.05, 3.63) is 28.3 Å². The van der Waals surface area contributed by atoms with Gasteiger partial charge < -0.3 is 5.32 Å². The van der Waals surface area contributed by atoms with Gasteiger partial charge in [0, 0.05) is 23.9 Å². The maximum absolute atomic E-state index is 12.4. The Balaban J connectivity index is 1.79. The Kier molecular flexibility index (Phi) is 4.27. The third-order valence-corrected chi connectivity index (χ3v) is 6.35. The van der Waals surface area contributed by atoms with E-state index in [4.69, 9.17) is 0 Å². The molecule has 3 rings (SSSR count). The molecule has 0 bridgehead atoms. The molecule has 8 heteroatoms. The van der Waals surface area contributed by atoms with E-state index in [1.54, 1.807) is 6.07 Å². The normalized spacial score (nSPS) is 20.5. The van der Waals surface area contributed by atoms with Gasteiger partial charge in [0.2, 0.25) is 0 Å². The van der Waals surface area contributed by atoms with Gasteiger partial charge in [0.1, 0.15) is 0 Å². The van der Waals surface area contributed by atoms with E-state index < -0.39 is 15.7 Å². The first-order valence-electron chi connectivity index (χ1n) is 6.80. The van der Waals surface area contributed by atoms with Gasteiger partial charge in [-0.05, 0) is 25.5 Å². The van der Waals surface area contributed by atoms with Crippen molar-refractivity contribution in [2.24, 2.45) is 0 Å². The Hall–Kier alpha value is -1.38. The molecule has 21 heavy (non-hydrogen) atoms. The number of piperidine rings is 1. The van der Waals surface area contributed by atoms with Gasteiger partial charge in [0.05, 0.1) is 25.9 Å². The Bertz CT molecular complexity index is 695. The molecular weight excluding hydrogens is 310 g/mol. The summed E-state index contributed by atoms with van der Waals surface area (Å²) in [6, 6.07) is 4.84. The molecule has 0 saturated carbocycles. The lowest BCUT2D eigenvalue weighted by Gasteiger charge is -2.22. The fourth-order valence-electron chi connectivity index (χ4n) is 2.43. The first-order chi connectivity index (χ1) is 10.1. The van der Waals surface area contributed by atoms with E-state index >= 15 is 0 Å². The molecule has 0 unspecified atom stereocenters. The molecule has 1 aromatic carbocycles. The molecule has 1 aromatic heterocycles. The number of nitro groups is 1. The minimum absolute atomic E-state index is 0.0130. The Morgan fingerprint density at radius 1 is 1.48 bits per heavy atom. The smallest absolute Gasteiger partial charge is 0.271 e. The number of nitro benzene ring substituents is 1. The molecule has 1 fully saturated rings. The van der Waals surface area contributed by atoms with Gasteiger partial charge >= 0.3 is 0 Å². The molecule has 2 heterocycles. The maximum atomic E-state index is 12.4. The van der Waals surface area contributed by atoms with Gasteiger partial charge in [-0.1, -0.05) is 6.42 Å². The monoisotopic (exact) mass is 325 g/mol. The van der Waals surface area contributed by atoms with Gasteiger partial charge in [0.15, 0.2) is 4.34 Å². The van der Waals surface area contributed by atoms with Gasteiger partial charge in [-0.25, -0.2) is 4.98 Å². The number of benzene rings is 1. The topological polar surface area (TPSA) is 85.1 Å². The van der Waals surface area contributed by atoms with Crippen molar-refractivity contribution in [1.82, 2.24) is 10.3 Å². The molecule has 0 aliphatic carbocycles. The fourth-order valence-corrected chi connectivity index (χ4v) is 4.94. The van der Waals surface area contributed by atoms with Gasteiger partial charge in [-0.15, -0.1) is 11.3 Å². The number of nitrogens with one attached hydrogen (secondary N) is 1. The highest BCUT2D eigenvalue weighted by Crippen LogP contribution is 2.28. The van der Waals surface area contributed by atoms with Crippen molar-refractivity contribution < 1.29 is 9.13 Å². The van der Waals surface area contributed by atoms with Crippen LogP contribution in [0.3, 0.4) is 0 Å². The van der Waals surface area contributed by atoms with E-state index in [2.05, 4.69) is 10.3 Å². The van der Waals surface area contributed by atoms with Crippen molar-refractivity contribution >= 4 is 38.0 Å². The van der Waals surface area contributed by atoms with Crippen LogP contribution in [-0.4, -0.2) is 32.5 Å². The van der Waals surface area contributed by atoms with Gasteiger partial charge in [-0.2, -0.15) is 0 Å². The Morgan fingerprint density at radius 3 is 3.05 bits per heavy atom. The summed E-state index contributed by atoms with van der Waals surface area (Å²) in [6.07, 6.45) is 3.39. The quantitative estimate of drug-likeness (QED) is 0.689. The van der Waals surface area contributed by atoms with Gasteiger partial charge in [-0.3, -0.25) is 14.3 Å². The number of nitrogens with zero attached hydrogens (tertiary/aromatic N) is 2. The number of hydrogen-bond donors (Lipinski definition) is 1. The second kappa shape index (κ2) is 6.17. The maximum Gasteiger partial charge on any atom is 0.271 e. The standard InChI is InChI=1S/C13H15N3O3S2/c17-16(18)10-4-5-12-11(7-10)15-13(20-12)21(19)8-9-3-1-2-6-14-9/h4-5,7,9,14H,1-3,6,8H2/t9-,21+/m0/s1. The molecule has 112 valence electrons. The van der Waals surface area contributed by atoms with Crippen LogP contribution in [-0.2, 0) is 10.8 Å². The number of rotatable bonds is 4. The van der Waals surface area contributed by atoms with Crippen LogP contribution in [0.5, 0.6) is 0 Å². The molecule has 1 aliphatic rings. The first kappa shape index (κ1) is 14.6. The van der Waals surface area contributed by atoms with Crippen LogP contribution in [0.25, 0.3) is 10.2 Å². The van der Waals surface area contributed by atoms with Crippen molar-refractivity contribution in [3.63, 3.8) is 0 Å². The van der Waals surface area contributed by atoms with Crippen LogP contribution in [0.2, 0.25) is 0 Å². The third kappa shape index (κ3) is 3.28. The average molecular weight is 325 g/mol. The molecular formula is C13H15N3O3S2. The van der Waals surface area contributed by atoms with E-state index in [9.17, 15) is 14.3 Å². The van der Waals surface area contributed by atoms with E-state index in [0.717, 1.165) is 17.7 Å². The molecule has 0 amide bonds. The molecule has 2 atom stereocenters. The lowest BCUT2D eigenvalue weighted by molar-refractivity contribution is -0.384. The molecule has 0 radical (unpaired) electrons. The fraction of sp³-hybridized carbons (Fsp3) is 0.462. The molecule has 1 aliphatic heterocycles. The summed E-state index contributed by atoms with van der Waals surface area (Å²) >= 11 is 1.35. The van der Waals surface area contributed by atoms with Crippen LogP contribution in [0, 0.1) is 10.1 Å². The van der Waals surface area contributed by atoms with Gasteiger partial charge in [0.25, 0.3) is 5.69 Å². The van der Waals surface area contributed by atoms with Crippen LogP contribution >= 0.6 is 11.3 Å². The van der Waals surface area contributed by atoms with Crippen LogP contribution in [0.4, 0.5) is 5.69 Å². The number of hydrogen-bond acceptors (Lipinski definition) is 6. The zero-order valence-electron chi connectivity index (χ0n) is 11.3. The van der Waals surface area contributed by atoms with E-state index in [1.165, 1.54) is 36.3 Å². The summed E-state index contributed by atoms with van der Waals surface area (Å²) in [7, 11) is -1.16. The summed E-state index contributed by atoms with van der Waals surface area (Å²) in [4.78, 5) is 14.6. The number of non-ortho nitro benzene ring substituents is 1. The summed E-state index contributed by atoms with van der Waals surface area (Å²) in [5, 5.41) is 14.1. The predicted octanol–water partition coefficient (Wildman–Crippen LogP) is 2.45. The average Bonchev–Trinajstić information content (AvgIpc) is 2.91. The van der Waals surface area contributed by atoms with E-state index in [0.29, 0.717) is 15.6 Å². The first-order valence-corrected chi connectivity index (χ1v) is 8.94. The summed E-state index contributed by atoms with van der Waals surface area (Å²) in [6.45, 7) is 0.980. The SMILES string of the molecule is O=[N+]([O-])c1ccc2sc([S@](=O)C[C@@H]3CCCCN3)nc2c1. The number of fused-ring (bicyclic) bond motifs is 1. The van der Waals surface area contributed by atoms with Crippen molar-refractivity contribution in [2.75, 3.05) is 12.3 Å². The minimum Gasteiger partial charge on any atom is -0.313 e. The molecule has 1 N–H and O–H groups in total. The van der Waals surface area contributed by atoms with Crippen LogP contribution < -0.4 is 5.32 Å². The molecule has 2 aromatic rings. The highest BCUT2D eigenvalue weighted by molar-refractivity contribution is 7.87. The zero-order valence-corrected chi connectivity index (χ0v) is 12.9. The van der Waals surface area contributed by atoms with Crippen LogP contribution in [0.15, 0.2) is 22.5 Å². The third-order valence-electron chi connectivity index (χ3n) is 3.52. The highest BCUT2D eigenvalue weighted by atomic mass is 32.2. The van der Waals surface area contributed by atoms with E-state index in [-0.39, 0.29) is 11.7 Å². The largest absolute Gasteiger partial charge is 0.313 e. The summed E-state index contributed by atoms with van der Waals surface area (Å²) < 4.78 is 13.8. The lowest BCUT2D eigenvalue weighted by atomic mass is 10.1. The second-order valence-electron chi connectivity index (χ2n) is 5.05. The van der Waals surface area contributed by atoms with Crippen molar-refractivity contribution in [3.8, 4) is 0 Å². The Morgan fingerprint density at radius 2 is 2.33 bits per heavy atom. The lowest BCUT2D eigenvalue weighted by Crippen LogP contribution is -2.38. The van der Waals surface area contributed by atoms with E-state index in [1.807, 2.05) is 0 Å². The zero-order chi connectivity index (χ0) is 14.8. The van der Waals surface area contributed by atoms with Crippen molar-refractivity contribution in [1.29, 1.82) is 0 Å². The minimum atomic E-state index is -1.16. The predicted molar refractivity (Wildman–Crippen MR) is 83.2 cm³/mol. The molecule has 0 spiro atoms. The summed E-state index contributed by atoms with van der Waals surface area (Å²) in [5.41, 5.74) is 0.563. The summed E-state index contributed by atoms with van der Waals surface area (Å²) in [5.74, 6) is 0.557. The number of aromatic nitrogens is 1. The number of thiazole rings is 1. The second-order valence-corrected chi connectivity index (χ2v) is 7.75. The Labute approximate surface area is 128 Å².